The zero-order chi connectivity index (χ0) is 30.3. The molecule has 0 unspecified atom stereocenters. The van der Waals surface area contributed by atoms with Crippen molar-refractivity contribution in [3.8, 4) is 18.6 Å². The number of hydrogen-bond acceptors (Lipinski definition) is 6. The SMILES string of the molecule is C#C.Fc1ccc2c(c1F)CSc1ccccc1C2.O=C1c2c(OCc3ccccc3)c(=O)ccn2N[C@@H]2COCCN12. The number of benzene rings is 3. The number of pyridine rings is 1. The number of nitrogens with one attached hydrogen (secondary N) is 1. The summed E-state index contributed by atoms with van der Waals surface area (Å²) in [6.07, 6.45) is 10.00. The number of aromatic nitrogens is 1. The van der Waals surface area contributed by atoms with Gasteiger partial charge in [0.1, 0.15) is 12.8 Å². The highest BCUT2D eigenvalue weighted by molar-refractivity contribution is 7.98. The molecule has 3 aliphatic heterocycles. The van der Waals surface area contributed by atoms with Crippen LogP contribution in [0.25, 0.3) is 0 Å². The van der Waals surface area contributed by atoms with E-state index in [1.807, 2.05) is 54.6 Å². The Morgan fingerprint density at radius 3 is 2.56 bits per heavy atom. The average molecular weight is 602 g/mol. The molecule has 1 amide bonds. The first-order chi connectivity index (χ1) is 21.0. The van der Waals surface area contributed by atoms with Gasteiger partial charge in [0.05, 0.1) is 13.2 Å². The Morgan fingerprint density at radius 1 is 0.977 bits per heavy atom. The molecule has 1 fully saturated rings. The number of halogens is 2. The van der Waals surface area contributed by atoms with Crippen molar-refractivity contribution >= 4 is 17.7 Å². The largest absolute Gasteiger partial charge is 0.482 e. The minimum absolute atomic E-state index is 0.0730. The van der Waals surface area contributed by atoms with E-state index < -0.39 is 11.6 Å². The molecule has 1 atom stereocenters. The van der Waals surface area contributed by atoms with Gasteiger partial charge in [0.15, 0.2) is 23.1 Å². The van der Waals surface area contributed by atoms with Crippen LogP contribution in [0.4, 0.5) is 8.78 Å². The Balaban J connectivity index is 0.000000170. The summed E-state index contributed by atoms with van der Waals surface area (Å²) in [5, 5.41) is 0. The summed E-state index contributed by atoms with van der Waals surface area (Å²) >= 11 is 1.57. The van der Waals surface area contributed by atoms with E-state index in [1.54, 1.807) is 33.6 Å². The molecule has 3 aromatic carbocycles. The lowest BCUT2D eigenvalue weighted by molar-refractivity contribution is -0.00327. The lowest BCUT2D eigenvalue weighted by Gasteiger charge is -2.41. The fraction of sp³-hybridized carbons (Fsp3) is 0.212. The molecule has 0 radical (unpaired) electrons. The van der Waals surface area contributed by atoms with Gasteiger partial charge in [0, 0.05) is 35.0 Å². The number of ether oxygens (including phenoxy) is 2. The van der Waals surface area contributed by atoms with E-state index >= 15 is 0 Å². The van der Waals surface area contributed by atoms with Crippen molar-refractivity contribution in [2.45, 2.75) is 29.8 Å². The third-order valence-electron chi connectivity index (χ3n) is 7.18. The fourth-order valence-electron chi connectivity index (χ4n) is 5.05. The number of amides is 1. The van der Waals surface area contributed by atoms with Crippen molar-refractivity contribution < 1.29 is 23.0 Å². The third-order valence-corrected chi connectivity index (χ3v) is 8.32. The van der Waals surface area contributed by atoms with Crippen LogP contribution in [0.1, 0.15) is 32.7 Å². The van der Waals surface area contributed by atoms with Crippen LogP contribution < -0.4 is 15.6 Å². The summed E-state index contributed by atoms with van der Waals surface area (Å²) in [5.41, 5.74) is 6.61. The average Bonchev–Trinajstić information content (AvgIpc) is 3.24. The van der Waals surface area contributed by atoms with Crippen LogP contribution in [0.15, 0.2) is 88.7 Å². The molecule has 0 spiro atoms. The maximum absolute atomic E-state index is 13.7. The predicted molar refractivity (Wildman–Crippen MR) is 162 cm³/mol. The number of carbonyl (C=O) groups excluding carboxylic acids is 1. The molecule has 0 aliphatic carbocycles. The van der Waals surface area contributed by atoms with Crippen LogP contribution in [0.2, 0.25) is 0 Å². The van der Waals surface area contributed by atoms with E-state index in [9.17, 15) is 18.4 Å². The highest BCUT2D eigenvalue weighted by atomic mass is 32.2. The van der Waals surface area contributed by atoms with Gasteiger partial charge in [-0.05, 0) is 35.2 Å². The highest BCUT2D eigenvalue weighted by Gasteiger charge is 2.36. The van der Waals surface area contributed by atoms with E-state index in [1.165, 1.54) is 17.7 Å². The van der Waals surface area contributed by atoms with Gasteiger partial charge in [-0.1, -0.05) is 54.6 Å². The predicted octanol–water partition coefficient (Wildman–Crippen LogP) is 5.19. The first-order valence-electron chi connectivity index (χ1n) is 13.6. The topological polar surface area (TPSA) is 72.8 Å². The number of terminal acetylenes is 1. The Labute approximate surface area is 252 Å². The molecule has 4 aromatic rings. The number of rotatable bonds is 3. The van der Waals surface area contributed by atoms with E-state index in [2.05, 4.69) is 18.3 Å². The van der Waals surface area contributed by atoms with Gasteiger partial charge in [-0.3, -0.25) is 14.3 Å². The second-order valence-electron chi connectivity index (χ2n) is 9.79. The molecule has 7 rings (SSSR count). The number of fused-ring (bicyclic) bond motifs is 4. The molecule has 4 heterocycles. The second-order valence-corrected chi connectivity index (χ2v) is 10.8. The minimum Gasteiger partial charge on any atom is -0.482 e. The summed E-state index contributed by atoms with van der Waals surface area (Å²) in [6.45, 7) is 1.61. The smallest absolute Gasteiger partial charge is 0.278 e. The molecule has 220 valence electrons. The second kappa shape index (κ2) is 13.6. The van der Waals surface area contributed by atoms with Crippen molar-refractivity contribution in [1.29, 1.82) is 0 Å². The zero-order valence-electron chi connectivity index (χ0n) is 23.2. The molecule has 43 heavy (non-hydrogen) atoms. The van der Waals surface area contributed by atoms with E-state index in [0.717, 1.165) is 16.0 Å². The number of hydrogen-bond donors (Lipinski definition) is 1. The lowest BCUT2D eigenvalue weighted by Crippen LogP contribution is -2.59. The molecule has 1 N–H and O–H groups in total. The molecule has 0 bridgehead atoms. The third kappa shape index (κ3) is 6.43. The fourth-order valence-corrected chi connectivity index (χ4v) is 6.16. The van der Waals surface area contributed by atoms with E-state index in [-0.39, 0.29) is 35.6 Å². The molecule has 10 heteroatoms. The van der Waals surface area contributed by atoms with Crippen LogP contribution >= 0.6 is 11.8 Å². The summed E-state index contributed by atoms with van der Waals surface area (Å²) in [5.74, 6) is -1.10. The molecular formula is C33H29F2N3O4S. The van der Waals surface area contributed by atoms with Crippen LogP contribution in [0.5, 0.6) is 5.75 Å². The molecule has 1 saturated heterocycles. The maximum Gasteiger partial charge on any atom is 0.278 e. The number of morpholine rings is 1. The van der Waals surface area contributed by atoms with Gasteiger partial charge in [-0.2, -0.15) is 0 Å². The van der Waals surface area contributed by atoms with Crippen LogP contribution in [0.3, 0.4) is 0 Å². The van der Waals surface area contributed by atoms with Gasteiger partial charge in [-0.15, -0.1) is 24.6 Å². The molecule has 0 saturated carbocycles. The number of carbonyl (C=O) groups is 1. The van der Waals surface area contributed by atoms with E-state index in [4.69, 9.17) is 9.47 Å². The Morgan fingerprint density at radius 2 is 1.74 bits per heavy atom. The zero-order valence-corrected chi connectivity index (χ0v) is 24.0. The summed E-state index contributed by atoms with van der Waals surface area (Å²) in [7, 11) is 0. The van der Waals surface area contributed by atoms with Crippen molar-refractivity contribution in [2.24, 2.45) is 0 Å². The summed E-state index contributed by atoms with van der Waals surface area (Å²) in [6, 6.07) is 21.8. The normalized spacial score (nSPS) is 16.2. The Bertz CT molecular complexity index is 1690. The van der Waals surface area contributed by atoms with Gasteiger partial charge >= 0.3 is 0 Å². The van der Waals surface area contributed by atoms with Gasteiger partial charge in [0.2, 0.25) is 5.43 Å². The first kappa shape index (κ1) is 29.9. The van der Waals surface area contributed by atoms with Crippen LogP contribution in [-0.2, 0) is 23.5 Å². The van der Waals surface area contributed by atoms with Crippen LogP contribution in [-0.4, -0.2) is 41.4 Å². The summed E-state index contributed by atoms with van der Waals surface area (Å²) < 4.78 is 39.6. The Kier molecular flexibility index (Phi) is 9.45. The molecule has 3 aliphatic rings. The summed E-state index contributed by atoms with van der Waals surface area (Å²) in [4.78, 5) is 27.9. The highest BCUT2D eigenvalue weighted by Crippen LogP contribution is 2.35. The number of nitrogens with zero attached hydrogens (tertiary/aromatic N) is 2. The van der Waals surface area contributed by atoms with Crippen LogP contribution in [0, 0.1) is 24.5 Å². The number of thioether (sulfide) groups is 1. The quantitative estimate of drug-likeness (QED) is 0.326. The standard InChI is InChI=1S/C17H17N3O4.C14H10F2S.C2H2/c21-13-6-7-20-15(16(13)24-10-12-4-2-1-3-5-12)17(22)19-8-9-23-11-14(19)18-20;15-12-6-5-9-7-10-3-1-2-4-13(10)17-8-11(9)14(12)16;1-2/h1-7,14,18H,8-11H2;1-6H,7-8H2;1-2H/t14-;;/m0../s1. The van der Waals surface area contributed by atoms with Gasteiger partial charge in [-0.25, -0.2) is 8.78 Å². The van der Waals surface area contributed by atoms with Crippen molar-refractivity contribution in [2.75, 3.05) is 25.2 Å². The van der Waals surface area contributed by atoms with Crippen molar-refractivity contribution in [1.82, 2.24) is 9.58 Å². The van der Waals surface area contributed by atoms with Gasteiger partial charge in [0.25, 0.3) is 5.91 Å². The lowest BCUT2D eigenvalue weighted by atomic mass is 10.0. The minimum atomic E-state index is -0.754. The molecule has 1 aromatic heterocycles. The molecular weight excluding hydrogens is 572 g/mol. The molecule has 7 nitrogen and oxygen atoms in total. The van der Waals surface area contributed by atoms with Crippen molar-refractivity contribution in [3.63, 3.8) is 0 Å². The van der Waals surface area contributed by atoms with E-state index in [0.29, 0.717) is 37.5 Å². The van der Waals surface area contributed by atoms with Gasteiger partial charge < -0.3 is 19.8 Å². The monoisotopic (exact) mass is 601 g/mol. The Hall–Kier alpha value is -4.59. The maximum atomic E-state index is 13.7. The van der Waals surface area contributed by atoms with Crippen molar-refractivity contribution in [3.05, 3.63) is 129 Å². The first-order valence-corrected chi connectivity index (χ1v) is 14.6.